The number of methoxy groups -OCH3 is 1. The average molecular weight is 345 g/mol. The molecule has 1 amide bonds. The molecule has 2 rings (SSSR count). The fourth-order valence-electron chi connectivity index (χ4n) is 2.50. The summed E-state index contributed by atoms with van der Waals surface area (Å²) >= 11 is 0. The summed E-state index contributed by atoms with van der Waals surface area (Å²) in [7, 11) is 1.17. The number of amides is 1. The molecule has 24 heavy (non-hydrogen) atoms. The minimum absolute atomic E-state index is 0.0367. The molecular formula is C15H14F3NO5. The van der Waals surface area contributed by atoms with Gasteiger partial charge in [-0.25, -0.2) is 9.59 Å². The van der Waals surface area contributed by atoms with Crippen LogP contribution in [0.1, 0.15) is 27.9 Å². The molecule has 1 aliphatic heterocycles. The zero-order chi connectivity index (χ0) is 18.1. The minimum Gasteiger partial charge on any atom is -0.496 e. The SMILES string of the molecule is COc1cc(C2=CCN(C(=O)O)CC2)c(C(F)(F)F)cc1C(=O)O. The van der Waals surface area contributed by atoms with Crippen molar-refractivity contribution < 1.29 is 37.7 Å². The highest BCUT2D eigenvalue weighted by Gasteiger charge is 2.36. The third-order valence-electron chi connectivity index (χ3n) is 3.70. The number of carboxylic acids is 1. The van der Waals surface area contributed by atoms with Crippen LogP contribution in [0.5, 0.6) is 5.75 Å². The van der Waals surface area contributed by atoms with Gasteiger partial charge in [0.15, 0.2) is 0 Å². The predicted octanol–water partition coefficient (Wildman–Crippen LogP) is 3.18. The van der Waals surface area contributed by atoms with Crippen molar-refractivity contribution in [2.45, 2.75) is 12.6 Å². The summed E-state index contributed by atoms with van der Waals surface area (Å²) in [4.78, 5) is 23.1. The van der Waals surface area contributed by atoms with Crippen molar-refractivity contribution in [3.05, 3.63) is 34.9 Å². The molecule has 0 spiro atoms. The lowest BCUT2D eigenvalue weighted by Crippen LogP contribution is -2.33. The van der Waals surface area contributed by atoms with E-state index in [2.05, 4.69) is 0 Å². The number of rotatable bonds is 3. The standard InChI is InChI=1S/C15H14F3NO5/c1-24-12-7-9(8-2-4-19(5-3-8)14(22)23)11(15(16,17)18)6-10(12)13(20)21/h2,6-7H,3-5H2,1H3,(H,20,21)(H,22,23). The minimum atomic E-state index is -4.75. The Hall–Kier alpha value is -2.71. The van der Waals surface area contributed by atoms with Crippen molar-refractivity contribution in [2.75, 3.05) is 20.2 Å². The number of carboxylic acid groups (broad SMARTS) is 2. The van der Waals surface area contributed by atoms with Gasteiger partial charge in [0.25, 0.3) is 0 Å². The number of ether oxygens (including phenoxy) is 1. The van der Waals surface area contributed by atoms with E-state index in [-0.39, 0.29) is 30.8 Å². The number of halogens is 3. The second-order valence-electron chi connectivity index (χ2n) is 5.11. The molecule has 0 unspecified atom stereocenters. The smallest absolute Gasteiger partial charge is 0.417 e. The van der Waals surface area contributed by atoms with Crippen LogP contribution < -0.4 is 4.74 Å². The Morgan fingerprint density at radius 3 is 2.33 bits per heavy atom. The molecule has 0 fully saturated rings. The van der Waals surface area contributed by atoms with Crippen LogP contribution in [0, 0.1) is 0 Å². The summed E-state index contributed by atoms with van der Waals surface area (Å²) < 4.78 is 44.9. The highest BCUT2D eigenvalue weighted by Crippen LogP contribution is 2.40. The molecule has 1 aliphatic rings. The maximum Gasteiger partial charge on any atom is 0.417 e. The molecule has 1 heterocycles. The predicted molar refractivity (Wildman–Crippen MR) is 77.1 cm³/mol. The summed E-state index contributed by atoms with van der Waals surface area (Å²) in [5.74, 6) is -1.72. The van der Waals surface area contributed by atoms with Crippen LogP contribution in [0.25, 0.3) is 5.57 Å². The Labute approximate surface area is 134 Å². The van der Waals surface area contributed by atoms with Crippen molar-refractivity contribution in [3.63, 3.8) is 0 Å². The van der Waals surface area contributed by atoms with E-state index in [0.29, 0.717) is 11.6 Å². The first kappa shape index (κ1) is 17.6. The molecule has 0 aromatic heterocycles. The lowest BCUT2D eigenvalue weighted by Gasteiger charge is -2.25. The van der Waals surface area contributed by atoms with Gasteiger partial charge < -0.3 is 19.8 Å². The first-order valence-electron chi connectivity index (χ1n) is 6.85. The fraction of sp³-hybridized carbons (Fsp3) is 0.333. The Morgan fingerprint density at radius 2 is 1.92 bits per heavy atom. The Balaban J connectivity index is 2.56. The van der Waals surface area contributed by atoms with Crippen molar-refractivity contribution in [1.82, 2.24) is 4.90 Å². The largest absolute Gasteiger partial charge is 0.496 e. The number of nitrogens with zero attached hydrogens (tertiary/aromatic N) is 1. The number of aromatic carboxylic acids is 1. The van der Waals surface area contributed by atoms with Crippen LogP contribution in [0.2, 0.25) is 0 Å². The molecule has 6 nitrogen and oxygen atoms in total. The van der Waals surface area contributed by atoms with E-state index in [0.717, 1.165) is 11.0 Å². The molecule has 0 saturated heterocycles. The summed E-state index contributed by atoms with van der Waals surface area (Å²) in [6.07, 6.45) is -4.43. The lowest BCUT2D eigenvalue weighted by atomic mass is 9.92. The van der Waals surface area contributed by atoms with Gasteiger partial charge in [-0.3, -0.25) is 0 Å². The number of alkyl halides is 3. The van der Waals surface area contributed by atoms with E-state index in [1.165, 1.54) is 13.2 Å². The molecule has 2 N–H and O–H groups in total. The summed E-state index contributed by atoms with van der Waals surface area (Å²) in [6.45, 7) is 0.0203. The number of hydrogen-bond donors (Lipinski definition) is 2. The third-order valence-corrected chi connectivity index (χ3v) is 3.70. The van der Waals surface area contributed by atoms with Gasteiger partial charge in [-0.1, -0.05) is 6.08 Å². The van der Waals surface area contributed by atoms with E-state index in [4.69, 9.17) is 14.9 Å². The normalized spacial score (nSPS) is 15.0. The molecule has 0 aliphatic carbocycles. The van der Waals surface area contributed by atoms with Gasteiger partial charge in [0.05, 0.1) is 12.7 Å². The first-order chi connectivity index (χ1) is 11.1. The van der Waals surface area contributed by atoms with E-state index >= 15 is 0 Å². The molecule has 0 saturated carbocycles. The topological polar surface area (TPSA) is 87.1 Å². The number of hydrogen-bond acceptors (Lipinski definition) is 3. The fourth-order valence-corrected chi connectivity index (χ4v) is 2.50. The second-order valence-corrected chi connectivity index (χ2v) is 5.11. The molecule has 1 aromatic carbocycles. The van der Waals surface area contributed by atoms with E-state index < -0.39 is 29.4 Å². The maximum absolute atomic E-state index is 13.3. The van der Waals surface area contributed by atoms with Crippen molar-refractivity contribution in [1.29, 1.82) is 0 Å². The monoisotopic (exact) mass is 345 g/mol. The van der Waals surface area contributed by atoms with Gasteiger partial charge in [0.1, 0.15) is 11.3 Å². The van der Waals surface area contributed by atoms with Crippen molar-refractivity contribution >= 4 is 17.6 Å². The van der Waals surface area contributed by atoms with Gasteiger partial charge in [0, 0.05) is 13.1 Å². The Bertz CT molecular complexity index is 712. The highest BCUT2D eigenvalue weighted by atomic mass is 19.4. The van der Waals surface area contributed by atoms with Crippen LogP contribution in [0.15, 0.2) is 18.2 Å². The molecule has 0 atom stereocenters. The van der Waals surface area contributed by atoms with Crippen LogP contribution in [0.4, 0.5) is 18.0 Å². The third kappa shape index (κ3) is 3.44. The summed E-state index contributed by atoms with van der Waals surface area (Å²) in [5.41, 5.74) is -1.57. The van der Waals surface area contributed by atoms with Crippen LogP contribution in [-0.2, 0) is 6.18 Å². The van der Waals surface area contributed by atoms with E-state index in [1.807, 2.05) is 0 Å². The number of benzene rings is 1. The highest BCUT2D eigenvalue weighted by molar-refractivity contribution is 5.92. The average Bonchev–Trinajstić information content (AvgIpc) is 2.52. The quantitative estimate of drug-likeness (QED) is 0.879. The van der Waals surface area contributed by atoms with Crippen LogP contribution in [0.3, 0.4) is 0 Å². The zero-order valence-corrected chi connectivity index (χ0v) is 12.6. The maximum atomic E-state index is 13.3. The van der Waals surface area contributed by atoms with Gasteiger partial charge in [-0.2, -0.15) is 13.2 Å². The second kappa shape index (κ2) is 6.42. The van der Waals surface area contributed by atoms with Gasteiger partial charge in [0.2, 0.25) is 0 Å². The Morgan fingerprint density at radius 1 is 1.25 bits per heavy atom. The zero-order valence-electron chi connectivity index (χ0n) is 12.6. The van der Waals surface area contributed by atoms with Crippen LogP contribution in [-0.4, -0.2) is 47.4 Å². The first-order valence-corrected chi connectivity index (χ1v) is 6.85. The number of carbonyl (C=O) groups is 2. The van der Waals surface area contributed by atoms with Crippen LogP contribution >= 0.6 is 0 Å². The summed E-state index contributed by atoms with van der Waals surface area (Å²) in [5, 5.41) is 17.9. The van der Waals surface area contributed by atoms with Crippen molar-refractivity contribution in [3.8, 4) is 5.75 Å². The molecule has 130 valence electrons. The van der Waals surface area contributed by atoms with E-state index in [1.54, 1.807) is 0 Å². The Kier molecular flexibility index (Phi) is 4.72. The van der Waals surface area contributed by atoms with Crippen molar-refractivity contribution in [2.24, 2.45) is 0 Å². The summed E-state index contributed by atoms with van der Waals surface area (Å²) in [6, 6.07) is 1.58. The van der Waals surface area contributed by atoms with Gasteiger partial charge in [-0.15, -0.1) is 0 Å². The van der Waals surface area contributed by atoms with Gasteiger partial charge in [-0.05, 0) is 29.7 Å². The molecule has 0 radical (unpaired) electrons. The van der Waals surface area contributed by atoms with E-state index in [9.17, 15) is 22.8 Å². The molecule has 9 heteroatoms. The molecule has 0 bridgehead atoms. The molecular weight excluding hydrogens is 331 g/mol. The van der Waals surface area contributed by atoms with Gasteiger partial charge >= 0.3 is 18.2 Å². The lowest BCUT2D eigenvalue weighted by molar-refractivity contribution is -0.137. The molecule has 1 aromatic rings.